The lowest BCUT2D eigenvalue weighted by Crippen LogP contribution is -2.26. The number of ether oxygens (including phenoxy) is 1. The van der Waals surface area contributed by atoms with E-state index in [1.807, 2.05) is 49.4 Å². The number of anilines is 1. The van der Waals surface area contributed by atoms with Crippen LogP contribution in [0.5, 0.6) is 0 Å². The molecule has 0 atom stereocenters. The van der Waals surface area contributed by atoms with Crippen LogP contribution in [0.3, 0.4) is 0 Å². The summed E-state index contributed by atoms with van der Waals surface area (Å²) in [7, 11) is 0. The van der Waals surface area contributed by atoms with Crippen LogP contribution in [0, 0.1) is 0 Å². The number of rotatable bonds is 7. The third-order valence-corrected chi connectivity index (χ3v) is 5.09. The third kappa shape index (κ3) is 5.21. The first-order valence-electron chi connectivity index (χ1n) is 8.93. The molecule has 3 rings (SSSR count). The molecule has 0 fully saturated rings. The van der Waals surface area contributed by atoms with E-state index in [1.54, 1.807) is 12.1 Å². The molecule has 0 bridgehead atoms. The van der Waals surface area contributed by atoms with Gasteiger partial charge < -0.3 is 15.4 Å². The molecular weight excluding hydrogens is 360 g/mol. The number of amides is 2. The number of carbonyl (C=O) groups is 2. The van der Waals surface area contributed by atoms with Crippen molar-refractivity contribution in [1.29, 1.82) is 0 Å². The van der Waals surface area contributed by atoms with Gasteiger partial charge in [-0.05, 0) is 43.2 Å². The molecule has 0 aromatic heterocycles. The molecule has 2 aromatic carbocycles. The van der Waals surface area contributed by atoms with E-state index in [9.17, 15) is 9.59 Å². The summed E-state index contributed by atoms with van der Waals surface area (Å²) in [5.41, 5.74) is 2.17. The van der Waals surface area contributed by atoms with Crippen molar-refractivity contribution >= 4 is 35.3 Å². The molecule has 6 heteroatoms. The van der Waals surface area contributed by atoms with Crippen molar-refractivity contribution in [2.45, 2.75) is 18.2 Å². The Morgan fingerprint density at radius 1 is 1.22 bits per heavy atom. The van der Waals surface area contributed by atoms with Crippen LogP contribution >= 0.6 is 11.8 Å². The Hall–Kier alpha value is -2.57. The second-order valence-electron chi connectivity index (χ2n) is 5.99. The molecule has 27 heavy (non-hydrogen) atoms. The van der Waals surface area contributed by atoms with Crippen LogP contribution < -0.4 is 10.6 Å². The lowest BCUT2D eigenvalue weighted by Gasteiger charge is -2.19. The molecule has 2 aromatic rings. The number of fused-ring (bicyclic) bond motifs is 1. The van der Waals surface area contributed by atoms with Gasteiger partial charge in [0, 0.05) is 30.2 Å². The van der Waals surface area contributed by atoms with Gasteiger partial charge in [0.2, 0.25) is 0 Å². The molecule has 5 nitrogen and oxygen atoms in total. The maximum atomic E-state index is 12.4. The van der Waals surface area contributed by atoms with E-state index in [0.717, 1.165) is 16.9 Å². The molecule has 0 spiro atoms. The van der Waals surface area contributed by atoms with Crippen LogP contribution in [-0.2, 0) is 9.53 Å². The number of hydrogen-bond donors (Lipinski definition) is 2. The fourth-order valence-electron chi connectivity index (χ4n) is 2.62. The Morgan fingerprint density at radius 2 is 2.04 bits per heavy atom. The Kier molecular flexibility index (Phi) is 6.68. The second kappa shape index (κ2) is 9.39. The fourth-order valence-corrected chi connectivity index (χ4v) is 3.56. The summed E-state index contributed by atoms with van der Waals surface area (Å²) < 4.78 is 5.25. The maximum Gasteiger partial charge on any atom is 0.262 e. The Labute approximate surface area is 163 Å². The summed E-state index contributed by atoms with van der Waals surface area (Å²) in [6.45, 7) is 3.81. The first-order valence-corrected chi connectivity index (χ1v) is 9.75. The molecule has 1 aliphatic rings. The average Bonchev–Trinajstić information content (AvgIpc) is 2.68. The molecule has 0 unspecified atom stereocenters. The van der Waals surface area contributed by atoms with E-state index in [2.05, 4.69) is 10.6 Å². The highest BCUT2D eigenvalue weighted by Gasteiger charge is 2.22. The van der Waals surface area contributed by atoms with E-state index in [-0.39, 0.29) is 11.8 Å². The highest BCUT2D eigenvalue weighted by Crippen LogP contribution is 2.39. The van der Waals surface area contributed by atoms with E-state index in [0.29, 0.717) is 35.9 Å². The number of nitrogens with one attached hydrogen (secondary N) is 2. The summed E-state index contributed by atoms with van der Waals surface area (Å²) in [5.74, 6) is -0.315. The minimum atomic E-state index is -0.161. The number of benzene rings is 2. The van der Waals surface area contributed by atoms with Crippen LogP contribution in [0.15, 0.2) is 58.3 Å². The SMILES string of the molecule is CCOCCCNC(=O)c1ccc2c(c1)NC(=O)C(=Cc1ccccc1)S2. The van der Waals surface area contributed by atoms with Crippen molar-refractivity contribution in [3.8, 4) is 0 Å². The topological polar surface area (TPSA) is 67.4 Å². The Morgan fingerprint density at radius 3 is 2.81 bits per heavy atom. The van der Waals surface area contributed by atoms with Crippen molar-refractivity contribution in [2.75, 3.05) is 25.1 Å². The number of thioether (sulfide) groups is 1. The van der Waals surface area contributed by atoms with Crippen molar-refractivity contribution in [3.63, 3.8) is 0 Å². The van der Waals surface area contributed by atoms with Crippen LogP contribution in [0.4, 0.5) is 5.69 Å². The summed E-state index contributed by atoms with van der Waals surface area (Å²) >= 11 is 1.41. The quantitative estimate of drug-likeness (QED) is 0.562. The molecule has 0 saturated heterocycles. The molecule has 140 valence electrons. The van der Waals surface area contributed by atoms with Gasteiger partial charge in [-0.25, -0.2) is 0 Å². The van der Waals surface area contributed by atoms with Gasteiger partial charge in [-0.3, -0.25) is 9.59 Å². The van der Waals surface area contributed by atoms with Gasteiger partial charge in [-0.15, -0.1) is 0 Å². The summed E-state index contributed by atoms with van der Waals surface area (Å²) in [6.07, 6.45) is 2.63. The zero-order valence-corrected chi connectivity index (χ0v) is 16.0. The molecule has 2 amide bonds. The van der Waals surface area contributed by atoms with E-state index < -0.39 is 0 Å². The molecule has 2 N–H and O–H groups in total. The minimum absolute atomic E-state index is 0.154. The van der Waals surface area contributed by atoms with Gasteiger partial charge in [0.15, 0.2) is 0 Å². The predicted octanol–water partition coefficient (Wildman–Crippen LogP) is 3.93. The van der Waals surface area contributed by atoms with Gasteiger partial charge in [0.1, 0.15) is 0 Å². The Bertz CT molecular complexity index is 850. The van der Waals surface area contributed by atoms with Crippen LogP contribution in [0.25, 0.3) is 6.08 Å². The second-order valence-corrected chi connectivity index (χ2v) is 7.08. The molecule has 1 aliphatic heterocycles. The smallest absolute Gasteiger partial charge is 0.262 e. The van der Waals surface area contributed by atoms with Gasteiger partial charge in [-0.2, -0.15) is 0 Å². The van der Waals surface area contributed by atoms with Crippen LogP contribution in [0.1, 0.15) is 29.3 Å². The van der Waals surface area contributed by atoms with Crippen molar-refractivity contribution in [3.05, 3.63) is 64.6 Å². The van der Waals surface area contributed by atoms with E-state index in [1.165, 1.54) is 11.8 Å². The molecular formula is C21H22N2O3S. The van der Waals surface area contributed by atoms with Crippen LogP contribution in [0.2, 0.25) is 0 Å². The first-order chi connectivity index (χ1) is 13.2. The van der Waals surface area contributed by atoms with Crippen molar-refractivity contribution in [2.24, 2.45) is 0 Å². The highest BCUT2D eigenvalue weighted by molar-refractivity contribution is 8.04. The van der Waals surface area contributed by atoms with Crippen LogP contribution in [-0.4, -0.2) is 31.6 Å². The van der Waals surface area contributed by atoms with Crippen molar-refractivity contribution < 1.29 is 14.3 Å². The lowest BCUT2D eigenvalue weighted by atomic mass is 10.1. The molecule has 0 radical (unpaired) electrons. The van der Waals surface area contributed by atoms with Gasteiger partial charge >= 0.3 is 0 Å². The normalized spacial score (nSPS) is 14.6. The van der Waals surface area contributed by atoms with Gasteiger partial charge in [-0.1, -0.05) is 42.1 Å². The third-order valence-electron chi connectivity index (χ3n) is 3.99. The highest BCUT2D eigenvalue weighted by atomic mass is 32.2. The molecule has 0 saturated carbocycles. The predicted molar refractivity (Wildman–Crippen MR) is 109 cm³/mol. The van der Waals surface area contributed by atoms with E-state index in [4.69, 9.17) is 4.74 Å². The largest absolute Gasteiger partial charge is 0.382 e. The number of carbonyl (C=O) groups excluding carboxylic acids is 2. The van der Waals surface area contributed by atoms with Crippen molar-refractivity contribution in [1.82, 2.24) is 5.32 Å². The Balaban J connectivity index is 1.67. The van der Waals surface area contributed by atoms with Gasteiger partial charge in [0.05, 0.1) is 10.6 Å². The summed E-state index contributed by atoms with van der Waals surface area (Å²) in [6, 6.07) is 15.1. The zero-order chi connectivity index (χ0) is 19.1. The molecule has 1 heterocycles. The lowest BCUT2D eigenvalue weighted by molar-refractivity contribution is -0.112. The van der Waals surface area contributed by atoms with Gasteiger partial charge in [0.25, 0.3) is 11.8 Å². The monoisotopic (exact) mass is 382 g/mol. The first kappa shape index (κ1) is 19.2. The average molecular weight is 382 g/mol. The molecule has 0 aliphatic carbocycles. The summed E-state index contributed by atoms with van der Waals surface area (Å²) in [5, 5.41) is 5.75. The number of hydrogen-bond acceptors (Lipinski definition) is 4. The maximum absolute atomic E-state index is 12.4. The summed E-state index contributed by atoms with van der Waals surface area (Å²) in [4.78, 5) is 26.2. The van der Waals surface area contributed by atoms with E-state index >= 15 is 0 Å². The standard InChI is InChI=1S/C21H22N2O3S/c1-2-26-12-6-11-22-20(24)16-9-10-18-17(14-16)23-21(25)19(27-18)13-15-7-4-3-5-8-15/h3-5,7-10,13-14H,2,6,11-12H2,1H3,(H,22,24)(H,23,25). The zero-order valence-electron chi connectivity index (χ0n) is 15.2. The fraction of sp³-hybridized carbons (Fsp3) is 0.238. The minimum Gasteiger partial charge on any atom is -0.382 e.